The maximum Gasteiger partial charge on any atom is 0.171 e. The number of rotatable bonds is 4. The number of hydrogen-bond donors (Lipinski definition) is 0. The van der Waals surface area contributed by atoms with Crippen LogP contribution in [0.5, 0.6) is 11.5 Å². The van der Waals surface area contributed by atoms with Gasteiger partial charge in [-0.1, -0.05) is 5.16 Å². The third-order valence-electron chi connectivity index (χ3n) is 3.71. The van der Waals surface area contributed by atoms with Gasteiger partial charge in [0.05, 0.1) is 43.0 Å². The molecule has 1 heterocycles. The summed E-state index contributed by atoms with van der Waals surface area (Å²) in [7, 11) is 3.08. The zero-order valence-electron chi connectivity index (χ0n) is 13.6. The lowest BCUT2D eigenvalue weighted by atomic mass is 10.0. The third-order valence-corrected chi connectivity index (χ3v) is 3.71. The highest BCUT2D eigenvalue weighted by atomic mass is 16.5. The summed E-state index contributed by atoms with van der Waals surface area (Å²) in [5.74, 6) is 1.57. The van der Waals surface area contributed by atoms with Crippen LogP contribution in [0.4, 0.5) is 0 Å². The molecule has 0 aliphatic rings. The molecule has 6 heteroatoms. The van der Waals surface area contributed by atoms with Crippen molar-refractivity contribution in [3.05, 3.63) is 53.6 Å². The first-order valence-electron chi connectivity index (χ1n) is 7.34. The Labute approximate surface area is 144 Å². The largest absolute Gasteiger partial charge is 0.496 e. The summed E-state index contributed by atoms with van der Waals surface area (Å²) in [6.07, 6.45) is 0. The Hall–Kier alpha value is -3.77. The second kappa shape index (κ2) is 6.77. The third kappa shape index (κ3) is 3.01. The van der Waals surface area contributed by atoms with Gasteiger partial charge in [0.2, 0.25) is 0 Å². The number of aromatic nitrogens is 1. The first-order valence-corrected chi connectivity index (χ1v) is 7.34. The van der Waals surface area contributed by atoms with E-state index in [1.165, 1.54) is 7.11 Å². The molecular weight excluding hydrogens is 318 g/mol. The van der Waals surface area contributed by atoms with E-state index >= 15 is 0 Å². The van der Waals surface area contributed by atoms with Gasteiger partial charge < -0.3 is 14.0 Å². The lowest BCUT2D eigenvalue weighted by Crippen LogP contribution is -1.89. The van der Waals surface area contributed by atoms with Gasteiger partial charge in [-0.2, -0.15) is 10.5 Å². The number of nitrogens with zero attached hydrogens (tertiary/aromatic N) is 3. The lowest BCUT2D eigenvalue weighted by Gasteiger charge is -2.06. The van der Waals surface area contributed by atoms with Crippen LogP contribution in [0.2, 0.25) is 0 Å². The molecule has 0 amide bonds. The molecule has 0 radical (unpaired) electrons. The molecule has 0 aliphatic carbocycles. The topological polar surface area (TPSA) is 92.1 Å². The van der Waals surface area contributed by atoms with Crippen molar-refractivity contribution in [3.8, 4) is 46.2 Å². The molecule has 0 atom stereocenters. The van der Waals surface area contributed by atoms with Crippen molar-refractivity contribution in [2.75, 3.05) is 14.2 Å². The zero-order chi connectivity index (χ0) is 17.8. The van der Waals surface area contributed by atoms with Crippen LogP contribution in [0, 0.1) is 22.7 Å². The minimum Gasteiger partial charge on any atom is -0.496 e. The lowest BCUT2D eigenvalue weighted by molar-refractivity contribution is 0.405. The molecule has 122 valence electrons. The Balaban J connectivity index is 2.08. The number of benzene rings is 2. The van der Waals surface area contributed by atoms with E-state index in [-0.39, 0.29) is 0 Å². The van der Waals surface area contributed by atoms with E-state index in [9.17, 15) is 0 Å². The quantitative estimate of drug-likeness (QED) is 0.722. The Morgan fingerprint density at radius 1 is 0.840 bits per heavy atom. The Morgan fingerprint density at radius 3 is 2.20 bits per heavy atom. The molecule has 0 fully saturated rings. The fourth-order valence-electron chi connectivity index (χ4n) is 2.47. The second-order valence-corrected chi connectivity index (χ2v) is 5.13. The van der Waals surface area contributed by atoms with Crippen LogP contribution in [-0.2, 0) is 0 Å². The van der Waals surface area contributed by atoms with Crippen LogP contribution < -0.4 is 9.47 Å². The fraction of sp³-hybridized carbons (Fsp3) is 0.105. The molecule has 0 saturated carbocycles. The smallest absolute Gasteiger partial charge is 0.171 e. The van der Waals surface area contributed by atoms with Crippen LogP contribution in [-0.4, -0.2) is 19.4 Å². The minimum absolute atomic E-state index is 0.468. The highest BCUT2D eigenvalue weighted by Gasteiger charge is 2.16. The van der Waals surface area contributed by atoms with Crippen molar-refractivity contribution < 1.29 is 14.0 Å². The molecular formula is C19H13N3O3. The van der Waals surface area contributed by atoms with Gasteiger partial charge >= 0.3 is 0 Å². The first-order chi connectivity index (χ1) is 12.2. The average molecular weight is 331 g/mol. The number of methoxy groups -OCH3 is 2. The molecule has 1 aromatic heterocycles. The molecule has 0 spiro atoms. The molecule has 0 aliphatic heterocycles. The second-order valence-electron chi connectivity index (χ2n) is 5.13. The van der Waals surface area contributed by atoms with Crippen LogP contribution in [0.3, 0.4) is 0 Å². The van der Waals surface area contributed by atoms with Crippen molar-refractivity contribution in [3.63, 3.8) is 0 Å². The van der Waals surface area contributed by atoms with Crippen LogP contribution in [0.25, 0.3) is 22.6 Å². The number of hydrogen-bond acceptors (Lipinski definition) is 6. The van der Waals surface area contributed by atoms with Crippen molar-refractivity contribution >= 4 is 0 Å². The van der Waals surface area contributed by atoms with E-state index in [0.29, 0.717) is 45.2 Å². The van der Waals surface area contributed by atoms with Crippen LogP contribution in [0.1, 0.15) is 11.1 Å². The number of nitriles is 2. The SMILES string of the molecule is COc1cc(C#N)ccc1-c1cc(-c2cc(C#N)ccc2OC)on1. The minimum atomic E-state index is 0.468. The fourth-order valence-corrected chi connectivity index (χ4v) is 2.47. The summed E-state index contributed by atoms with van der Waals surface area (Å²) >= 11 is 0. The molecule has 3 aromatic rings. The van der Waals surface area contributed by atoms with E-state index in [0.717, 1.165) is 0 Å². The predicted molar refractivity (Wildman–Crippen MR) is 89.9 cm³/mol. The Bertz CT molecular complexity index is 1010. The summed E-state index contributed by atoms with van der Waals surface area (Å²) in [6.45, 7) is 0. The van der Waals surface area contributed by atoms with Gasteiger partial charge in [-0.05, 0) is 36.4 Å². The summed E-state index contributed by atoms with van der Waals surface area (Å²) < 4.78 is 16.1. The van der Waals surface area contributed by atoms with Gasteiger partial charge in [0.25, 0.3) is 0 Å². The van der Waals surface area contributed by atoms with Crippen LogP contribution >= 0.6 is 0 Å². The highest BCUT2D eigenvalue weighted by Crippen LogP contribution is 2.36. The molecule has 2 aromatic carbocycles. The van der Waals surface area contributed by atoms with Gasteiger partial charge in [-0.15, -0.1) is 0 Å². The molecule has 3 rings (SSSR count). The van der Waals surface area contributed by atoms with E-state index in [1.54, 1.807) is 49.6 Å². The van der Waals surface area contributed by atoms with E-state index in [1.807, 2.05) is 0 Å². The predicted octanol–water partition coefficient (Wildman–Crippen LogP) is 3.77. The summed E-state index contributed by atoms with van der Waals surface area (Å²) in [4.78, 5) is 0. The maximum absolute atomic E-state index is 9.09. The molecule has 0 bridgehead atoms. The van der Waals surface area contributed by atoms with Gasteiger partial charge in [0.15, 0.2) is 5.76 Å². The Morgan fingerprint density at radius 2 is 1.52 bits per heavy atom. The van der Waals surface area contributed by atoms with Crippen molar-refractivity contribution in [1.82, 2.24) is 5.16 Å². The average Bonchev–Trinajstić information content (AvgIpc) is 3.16. The van der Waals surface area contributed by atoms with Gasteiger partial charge in [-0.3, -0.25) is 0 Å². The highest BCUT2D eigenvalue weighted by molar-refractivity contribution is 5.75. The van der Waals surface area contributed by atoms with Crippen molar-refractivity contribution in [2.45, 2.75) is 0 Å². The maximum atomic E-state index is 9.09. The summed E-state index contributed by atoms with van der Waals surface area (Å²) in [6, 6.07) is 16.0. The number of ether oxygens (including phenoxy) is 2. The normalized spacial score (nSPS) is 9.92. The monoisotopic (exact) mass is 331 g/mol. The molecule has 6 nitrogen and oxygen atoms in total. The van der Waals surface area contributed by atoms with E-state index in [4.69, 9.17) is 24.5 Å². The van der Waals surface area contributed by atoms with Crippen molar-refractivity contribution in [2.24, 2.45) is 0 Å². The van der Waals surface area contributed by atoms with Crippen molar-refractivity contribution in [1.29, 1.82) is 10.5 Å². The van der Waals surface area contributed by atoms with Gasteiger partial charge in [-0.25, -0.2) is 0 Å². The Kier molecular flexibility index (Phi) is 4.36. The van der Waals surface area contributed by atoms with E-state index in [2.05, 4.69) is 17.3 Å². The molecule has 0 saturated heterocycles. The first kappa shape index (κ1) is 16.1. The van der Waals surface area contributed by atoms with Gasteiger partial charge in [0.1, 0.15) is 17.2 Å². The molecule has 25 heavy (non-hydrogen) atoms. The molecule has 0 N–H and O–H groups in total. The van der Waals surface area contributed by atoms with E-state index < -0.39 is 0 Å². The zero-order valence-corrected chi connectivity index (χ0v) is 13.6. The standard InChI is InChI=1S/C19H13N3O3/c1-23-17-6-4-12(10-20)7-15(17)19-9-16(22-25-19)14-5-3-13(11-21)8-18(14)24-2/h3-9H,1-2H3. The summed E-state index contributed by atoms with van der Waals surface area (Å²) in [5, 5.41) is 22.2. The van der Waals surface area contributed by atoms with Crippen LogP contribution in [0.15, 0.2) is 47.0 Å². The summed E-state index contributed by atoms with van der Waals surface area (Å²) in [5.41, 5.74) is 2.87. The van der Waals surface area contributed by atoms with Gasteiger partial charge in [0, 0.05) is 11.6 Å². The molecule has 0 unspecified atom stereocenters.